The van der Waals surface area contributed by atoms with Crippen LogP contribution < -0.4 is 5.73 Å². The number of nitrogens with two attached hydrogens (primary N) is 1. The summed E-state index contributed by atoms with van der Waals surface area (Å²) in [7, 11) is 0. The van der Waals surface area contributed by atoms with E-state index in [-0.39, 0.29) is 28.6 Å². The van der Waals surface area contributed by atoms with Crippen LogP contribution in [0.1, 0.15) is 53.1 Å². The summed E-state index contributed by atoms with van der Waals surface area (Å²) in [5.74, 6) is 0. The molecule has 1 aromatic rings. The van der Waals surface area contributed by atoms with E-state index in [0.717, 1.165) is 10.5 Å². The van der Waals surface area contributed by atoms with Gasteiger partial charge in [0.2, 0.25) is 0 Å². The average Bonchev–Trinajstić information content (AvgIpc) is 2.24. The third kappa shape index (κ3) is 5.65. The summed E-state index contributed by atoms with van der Waals surface area (Å²) in [6.07, 6.45) is -0.561. The fourth-order valence-electron chi connectivity index (χ4n) is 1.89. The maximum Gasteiger partial charge on any atom is 0.0781 e. The third-order valence-corrected chi connectivity index (χ3v) is 4.13. The molecule has 0 bridgehead atoms. The zero-order valence-corrected chi connectivity index (χ0v) is 14.9. The van der Waals surface area contributed by atoms with Gasteiger partial charge < -0.3 is 10.8 Å². The van der Waals surface area contributed by atoms with Gasteiger partial charge in [0, 0.05) is 9.64 Å². The van der Waals surface area contributed by atoms with E-state index < -0.39 is 6.10 Å². The topological polar surface area (TPSA) is 46.2 Å². The van der Waals surface area contributed by atoms with Gasteiger partial charge in [-0.1, -0.05) is 59.7 Å². The molecule has 0 aliphatic carbocycles. The first-order valence-corrected chi connectivity index (χ1v) is 7.55. The van der Waals surface area contributed by atoms with Crippen molar-refractivity contribution >= 4 is 24.2 Å². The van der Waals surface area contributed by atoms with E-state index in [1.54, 1.807) is 11.8 Å². The Balaban J connectivity index is 0.00000361. The molecule has 0 aromatic heterocycles. The Labute approximate surface area is 133 Å². The maximum atomic E-state index is 10.4. The van der Waals surface area contributed by atoms with Crippen molar-refractivity contribution in [3.05, 3.63) is 29.8 Å². The molecule has 0 aliphatic rings. The first-order valence-electron chi connectivity index (χ1n) is 6.74. The number of thioether (sulfide) groups is 1. The van der Waals surface area contributed by atoms with Gasteiger partial charge in [0.15, 0.2) is 0 Å². The SMILES string of the molecule is CC(C)(C)Sc1ccccc1[C@H](N)[C@H](O)C(C)(C)C.Cl. The number of hydrogen-bond acceptors (Lipinski definition) is 3. The summed E-state index contributed by atoms with van der Waals surface area (Å²) in [5.41, 5.74) is 7.09. The molecule has 1 aromatic carbocycles. The number of rotatable bonds is 3. The summed E-state index contributed by atoms with van der Waals surface area (Å²) in [4.78, 5) is 1.16. The zero-order valence-electron chi connectivity index (χ0n) is 13.3. The first kappa shape index (κ1) is 19.8. The van der Waals surface area contributed by atoms with E-state index in [9.17, 15) is 5.11 Å². The minimum Gasteiger partial charge on any atom is -0.391 e. The molecule has 0 spiro atoms. The lowest BCUT2D eigenvalue weighted by atomic mass is 9.82. The predicted octanol–water partition coefficient (Wildman–Crippen LogP) is 4.41. The van der Waals surface area contributed by atoms with Gasteiger partial charge in [-0.05, 0) is 17.0 Å². The van der Waals surface area contributed by atoms with Crippen LogP contribution in [-0.2, 0) is 0 Å². The Kier molecular flexibility index (Phi) is 7.09. The molecule has 2 atom stereocenters. The highest BCUT2D eigenvalue weighted by Crippen LogP contribution is 2.38. The molecule has 0 unspecified atom stereocenters. The molecule has 0 fully saturated rings. The van der Waals surface area contributed by atoms with Crippen molar-refractivity contribution in [1.82, 2.24) is 0 Å². The fourth-order valence-corrected chi connectivity index (χ4v) is 3.02. The second kappa shape index (κ2) is 7.17. The standard InChI is InChI=1S/C16H27NOS.ClH/c1-15(2,3)14(18)13(17)11-9-7-8-10-12(11)19-16(4,5)6;/h7-10,13-14,18H,17H2,1-6H3;1H/t13-,14-;/m0./s1. The Morgan fingerprint density at radius 2 is 1.55 bits per heavy atom. The summed E-state index contributed by atoms with van der Waals surface area (Å²) < 4.78 is 0.127. The van der Waals surface area contributed by atoms with E-state index in [1.807, 2.05) is 39.0 Å². The molecule has 0 heterocycles. The number of halogens is 1. The van der Waals surface area contributed by atoms with E-state index in [0.29, 0.717) is 0 Å². The van der Waals surface area contributed by atoms with Crippen LogP contribution in [0.2, 0.25) is 0 Å². The van der Waals surface area contributed by atoms with Crippen LogP contribution in [0.4, 0.5) is 0 Å². The third-order valence-electron chi connectivity index (χ3n) is 2.92. The van der Waals surface area contributed by atoms with Gasteiger partial charge in [0.1, 0.15) is 0 Å². The maximum absolute atomic E-state index is 10.4. The minimum atomic E-state index is -0.561. The molecule has 1 rings (SSSR count). The van der Waals surface area contributed by atoms with Crippen molar-refractivity contribution < 1.29 is 5.11 Å². The average molecular weight is 318 g/mol. The molecule has 0 aliphatic heterocycles. The quantitative estimate of drug-likeness (QED) is 0.812. The molecule has 4 heteroatoms. The van der Waals surface area contributed by atoms with Crippen LogP contribution in [0.15, 0.2) is 29.2 Å². The Morgan fingerprint density at radius 3 is 2.00 bits per heavy atom. The highest BCUT2D eigenvalue weighted by Gasteiger charge is 2.30. The van der Waals surface area contributed by atoms with Crippen molar-refractivity contribution in [2.24, 2.45) is 11.1 Å². The summed E-state index contributed by atoms with van der Waals surface area (Å²) >= 11 is 1.79. The minimum absolute atomic E-state index is 0. The molecule has 0 saturated heterocycles. The monoisotopic (exact) mass is 317 g/mol. The highest BCUT2D eigenvalue weighted by molar-refractivity contribution is 8.00. The smallest absolute Gasteiger partial charge is 0.0781 e. The number of aliphatic hydroxyl groups is 1. The summed E-state index contributed by atoms with van der Waals surface area (Å²) in [5, 5.41) is 10.4. The van der Waals surface area contributed by atoms with Crippen LogP contribution in [0.3, 0.4) is 0 Å². The van der Waals surface area contributed by atoms with Crippen LogP contribution >= 0.6 is 24.2 Å². The van der Waals surface area contributed by atoms with Crippen molar-refractivity contribution in [2.45, 2.75) is 63.3 Å². The van der Waals surface area contributed by atoms with Gasteiger partial charge in [-0.25, -0.2) is 0 Å². The molecular weight excluding hydrogens is 290 g/mol. The van der Waals surface area contributed by atoms with Gasteiger partial charge in [0.25, 0.3) is 0 Å². The van der Waals surface area contributed by atoms with E-state index in [1.165, 1.54) is 0 Å². The molecule has 20 heavy (non-hydrogen) atoms. The number of aliphatic hydroxyl groups excluding tert-OH is 1. The van der Waals surface area contributed by atoms with Crippen molar-refractivity contribution in [1.29, 1.82) is 0 Å². The number of hydrogen-bond donors (Lipinski definition) is 2. The molecule has 0 radical (unpaired) electrons. The molecular formula is C16H28ClNOS. The zero-order chi connectivity index (χ0) is 14.8. The largest absolute Gasteiger partial charge is 0.391 e. The first-order chi connectivity index (χ1) is 8.52. The van der Waals surface area contributed by atoms with Gasteiger partial charge in [-0.15, -0.1) is 24.2 Å². The van der Waals surface area contributed by atoms with Crippen LogP contribution in [-0.4, -0.2) is 16.0 Å². The van der Waals surface area contributed by atoms with E-state index in [4.69, 9.17) is 5.73 Å². The van der Waals surface area contributed by atoms with Gasteiger partial charge >= 0.3 is 0 Å². The lowest BCUT2D eigenvalue weighted by Gasteiger charge is -2.32. The van der Waals surface area contributed by atoms with Gasteiger partial charge in [0.05, 0.1) is 12.1 Å². The van der Waals surface area contributed by atoms with E-state index >= 15 is 0 Å². The number of benzene rings is 1. The van der Waals surface area contributed by atoms with Crippen LogP contribution in [0.25, 0.3) is 0 Å². The predicted molar refractivity (Wildman–Crippen MR) is 91.7 cm³/mol. The lowest BCUT2D eigenvalue weighted by molar-refractivity contribution is 0.0394. The van der Waals surface area contributed by atoms with Crippen molar-refractivity contribution in [3.8, 4) is 0 Å². The summed E-state index contributed by atoms with van der Waals surface area (Å²) in [6, 6.07) is 7.75. The van der Waals surface area contributed by atoms with E-state index in [2.05, 4.69) is 26.8 Å². The van der Waals surface area contributed by atoms with Gasteiger partial charge in [-0.3, -0.25) is 0 Å². The van der Waals surface area contributed by atoms with Crippen LogP contribution in [0, 0.1) is 5.41 Å². The fraction of sp³-hybridized carbons (Fsp3) is 0.625. The van der Waals surface area contributed by atoms with Crippen LogP contribution in [0.5, 0.6) is 0 Å². The normalized spacial score (nSPS) is 15.4. The van der Waals surface area contributed by atoms with Crippen molar-refractivity contribution in [2.75, 3.05) is 0 Å². The Bertz CT molecular complexity index is 423. The molecule has 2 nitrogen and oxygen atoms in total. The second-order valence-corrected chi connectivity index (χ2v) is 8.96. The Hall–Kier alpha value is -0.220. The van der Waals surface area contributed by atoms with Gasteiger partial charge in [-0.2, -0.15) is 0 Å². The lowest BCUT2D eigenvalue weighted by Crippen LogP contribution is -2.37. The summed E-state index contributed by atoms with van der Waals surface area (Å²) in [6.45, 7) is 12.6. The molecule has 0 amide bonds. The van der Waals surface area contributed by atoms with Crippen molar-refractivity contribution in [3.63, 3.8) is 0 Å². The molecule has 116 valence electrons. The molecule has 3 N–H and O–H groups in total. The highest BCUT2D eigenvalue weighted by atomic mass is 35.5. The Morgan fingerprint density at radius 1 is 1.05 bits per heavy atom. The second-order valence-electron chi connectivity index (χ2n) is 7.09. The molecule has 0 saturated carbocycles.